The van der Waals surface area contributed by atoms with Gasteiger partial charge in [-0.1, -0.05) is 6.92 Å². The molecule has 4 heteroatoms. The number of hydrogen-bond donors (Lipinski definition) is 1. The molecule has 0 aliphatic rings. The van der Waals surface area contributed by atoms with Gasteiger partial charge < -0.3 is 10.5 Å². The summed E-state index contributed by atoms with van der Waals surface area (Å²) in [6, 6.07) is 4.42. The molecule has 0 aliphatic heterocycles. The zero-order valence-electron chi connectivity index (χ0n) is 11.7. The van der Waals surface area contributed by atoms with E-state index in [-0.39, 0.29) is 12.1 Å². The van der Waals surface area contributed by atoms with Crippen molar-refractivity contribution in [3.63, 3.8) is 0 Å². The quantitative estimate of drug-likeness (QED) is 0.716. The highest BCUT2D eigenvalue weighted by Crippen LogP contribution is 2.22. The van der Waals surface area contributed by atoms with Crippen molar-refractivity contribution >= 4 is 0 Å². The largest absolute Gasteiger partial charge is 0.380 e. The van der Waals surface area contributed by atoms with E-state index in [1.54, 1.807) is 0 Å². The van der Waals surface area contributed by atoms with Gasteiger partial charge in [-0.25, -0.2) is 0 Å². The second-order valence-electron chi connectivity index (χ2n) is 4.48. The van der Waals surface area contributed by atoms with Crippen molar-refractivity contribution in [1.82, 2.24) is 9.88 Å². The molecule has 1 aromatic rings. The molecule has 0 aromatic carbocycles. The van der Waals surface area contributed by atoms with Crippen molar-refractivity contribution in [2.75, 3.05) is 26.8 Å². The molecular formula is C14H25N3O. The van der Waals surface area contributed by atoms with Gasteiger partial charge in [0.15, 0.2) is 0 Å². The van der Waals surface area contributed by atoms with Crippen LogP contribution >= 0.6 is 0 Å². The van der Waals surface area contributed by atoms with E-state index in [0.717, 1.165) is 26.2 Å². The first-order valence-corrected chi connectivity index (χ1v) is 6.64. The first-order chi connectivity index (χ1) is 8.70. The van der Waals surface area contributed by atoms with E-state index < -0.39 is 0 Å². The van der Waals surface area contributed by atoms with Crippen LogP contribution in [0.4, 0.5) is 0 Å². The van der Waals surface area contributed by atoms with Crippen LogP contribution in [-0.4, -0.2) is 42.7 Å². The minimum absolute atomic E-state index is 0.124. The van der Waals surface area contributed by atoms with Crippen LogP contribution < -0.4 is 5.73 Å². The summed E-state index contributed by atoms with van der Waals surface area (Å²) < 4.78 is 5.41. The molecule has 1 rings (SSSR count). The molecule has 102 valence electrons. The van der Waals surface area contributed by atoms with Crippen LogP contribution in [0.5, 0.6) is 0 Å². The molecule has 0 radical (unpaired) electrons. The fraction of sp³-hybridized carbons (Fsp3) is 0.643. The number of ether oxygens (including phenoxy) is 1. The zero-order chi connectivity index (χ0) is 13.4. The molecule has 1 aromatic heterocycles. The molecular weight excluding hydrogens is 226 g/mol. The van der Waals surface area contributed by atoms with Gasteiger partial charge in [0.05, 0.1) is 6.61 Å². The van der Waals surface area contributed by atoms with Gasteiger partial charge in [-0.05, 0) is 38.1 Å². The highest BCUT2D eigenvalue weighted by Gasteiger charge is 2.22. The van der Waals surface area contributed by atoms with Crippen molar-refractivity contribution in [2.24, 2.45) is 5.73 Å². The average Bonchev–Trinajstić information content (AvgIpc) is 2.40. The second kappa shape index (κ2) is 8.19. The van der Waals surface area contributed by atoms with Crippen molar-refractivity contribution < 1.29 is 4.74 Å². The van der Waals surface area contributed by atoms with Gasteiger partial charge in [-0.3, -0.25) is 9.88 Å². The van der Waals surface area contributed by atoms with Crippen molar-refractivity contribution in [3.8, 4) is 0 Å². The molecule has 0 saturated carbocycles. The predicted molar refractivity (Wildman–Crippen MR) is 74.4 cm³/mol. The van der Waals surface area contributed by atoms with Gasteiger partial charge in [0.25, 0.3) is 0 Å². The third-order valence-corrected chi connectivity index (χ3v) is 3.19. The Bertz CT molecular complexity index is 318. The number of nitrogens with two attached hydrogens (primary N) is 1. The monoisotopic (exact) mass is 251 g/mol. The summed E-state index contributed by atoms with van der Waals surface area (Å²) in [6.45, 7) is 6.51. The fourth-order valence-corrected chi connectivity index (χ4v) is 2.10. The summed E-state index contributed by atoms with van der Waals surface area (Å²) in [5.74, 6) is 0. The number of nitrogens with zero attached hydrogens (tertiary/aromatic N) is 2. The zero-order valence-corrected chi connectivity index (χ0v) is 11.7. The maximum absolute atomic E-state index is 6.25. The lowest BCUT2D eigenvalue weighted by atomic mass is 9.97. The van der Waals surface area contributed by atoms with Crippen LogP contribution in [0.1, 0.15) is 31.9 Å². The highest BCUT2D eigenvalue weighted by molar-refractivity contribution is 5.17. The SMILES string of the molecule is CCOCCN(C)C(c1ccncc1)C(N)CC. The van der Waals surface area contributed by atoms with Gasteiger partial charge in [0.2, 0.25) is 0 Å². The minimum Gasteiger partial charge on any atom is -0.380 e. The van der Waals surface area contributed by atoms with Crippen LogP contribution in [0.2, 0.25) is 0 Å². The van der Waals surface area contributed by atoms with E-state index >= 15 is 0 Å². The van der Waals surface area contributed by atoms with Crippen LogP contribution in [0.25, 0.3) is 0 Å². The minimum atomic E-state index is 0.124. The standard InChI is InChI=1S/C14H25N3O/c1-4-13(15)14(12-6-8-16-9-7-12)17(3)10-11-18-5-2/h6-9,13-14H,4-5,10-11,15H2,1-3H3. The van der Waals surface area contributed by atoms with Crippen LogP contribution in [0.15, 0.2) is 24.5 Å². The number of rotatable bonds is 8. The lowest BCUT2D eigenvalue weighted by Crippen LogP contribution is -2.40. The normalized spacial score (nSPS) is 14.7. The number of hydrogen-bond acceptors (Lipinski definition) is 4. The summed E-state index contributed by atoms with van der Waals surface area (Å²) in [5.41, 5.74) is 7.47. The molecule has 0 bridgehead atoms. The molecule has 0 aliphatic carbocycles. The number of pyridine rings is 1. The summed E-state index contributed by atoms with van der Waals surface area (Å²) >= 11 is 0. The molecule has 18 heavy (non-hydrogen) atoms. The Balaban J connectivity index is 2.72. The van der Waals surface area contributed by atoms with Crippen molar-refractivity contribution in [3.05, 3.63) is 30.1 Å². The van der Waals surface area contributed by atoms with Gasteiger partial charge in [-0.2, -0.15) is 0 Å². The van der Waals surface area contributed by atoms with Crippen LogP contribution in [0, 0.1) is 0 Å². The first-order valence-electron chi connectivity index (χ1n) is 6.64. The Morgan fingerprint density at radius 3 is 2.56 bits per heavy atom. The van der Waals surface area contributed by atoms with Gasteiger partial charge in [0.1, 0.15) is 0 Å². The Kier molecular flexibility index (Phi) is 6.86. The molecule has 0 saturated heterocycles. The van der Waals surface area contributed by atoms with Crippen LogP contribution in [-0.2, 0) is 4.74 Å². The lowest BCUT2D eigenvalue weighted by Gasteiger charge is -2.32. The van der Waals surface area contributed by atoms with Crippen LogP contribution in [0.3, 0.4) is 0 Å². The van der Waals surface area contributed by atoms with Gasteiger partial charge >= 0.3 is 0 Å². The molecule has 2 unspecified atom stereocenters. The van der Waals surface area contributed by atoms with E-state index in [1.807, 2.05) is 31.5 Å². The summed E-state index contributed by atoms with van der Waals surface area (Å²) in [7, 11) is 2.10. The van der Waals surface area contributed by atoms with E-state index in [2.05, 4.69) is 23.9 Å². The molecule has 0 fully saturated rings. The van der Waals surface area contributed by atoms with E-state index in [0.29, 0.717) is 0 Å². The third-order valence-electron chi connectivity index (χ3n) is 3.19. The van der Waals surface area contributed by atoms with Gasteiger partial charge in [-0.15, -0.1) is 0 Å². The maximum atomic E-state index is 6.25. The van der Waals surface area contributed by atoms with E-state index in [4.69, 9.17) is 10.5 Å². The molecule has 2 N–H and O–H groups in total. The second-order valence-corrected chi connectivity index (χ2v) is 4.48. The molecule has 1 heterocycles. The predicted octanol–water partition coefficient (Wildman–Crippen LogP) is 1.83. The fourth-order valence-electron chi connectivity index (χ4n) is 2.10. The molecule has 2 atom stereocenters. The average molecular weight is 251 g/mol. The van der Waals surface area contributed by atoms with Crippen molar-refractivity contribution in [1.29, 1.82) is 0 Å². The Morgan fingerprint density at radius 2 is 2.00 bits per heavy atom. The Hall–Kier alpha value is -0.970. The molecule has 0 spiro atoms. The molecule has 0 amide bonds. The highest BCUT2D eigenvalue weighted by atomic mass is 16.5. The van der Waals surface area contributed by atoms with Gasteiger partial charge in [0, 0.05) is 37.6 Å². The molecule has 4 nitrogen and oxygen atoms in total. The summed E-state index contributed by atoms with van der Waals surface area (Å²) in [4.78, 5) is 6.33. The van der Waals surface area contributed by atoms with E-state index in [1.165, 1.54) is 5.56 Å². The van der Waals surface area contributed by atoms with E-state index in [9.17, 15) is 0 Å². The smallest absolute Gasteiger partial charge is 0.0593 e. The summed E-state index contributed by atoms with van der Waals surface area (Å²) in [5, 5.41) is 0. The third kappa shape index (κ3) is 4.37. The Morgan fingerprint density at radius 1 is 1.33 bits per heavy atom. The summed E-state index contributed by atoms with van der Waals surface area (Å²) in [6.07, 6.45) is 4.59. The Labute approximate surface area is 110 Å². The first kappa shape index (κ1) is 15.1. The number of aromatic nitrogens is 1. The number of likely N-dealkylation sites (N-methyl/N-ethyl adjacent to an activating group) is 1. The topological polar surface area (TPSA) is 51.4 Å². The maximum Gasteiger partial charge on any atom is 0.0593 e. The van der Waals surface area contributed by atoms with Crippen molar-refractivity contribution in [2.45, 2.75) is 32.4 Å². The lowest BCUT2D eigenvalue weighted by molar-refractivity contribution is 0.100.